The van der Waals surface area contributed by atoms with E-state index in [1.54, 1.807) is 6.07 Å². The molecule has 2 rings (SSSR count). The van der Waals surface area contributed by atoms with Crippen LogP contribution in [0.25, 0.3) is 0 Å². The molecule has 1 aliphatic rings. The minimum Gasteiger partial charge on any atom is -0.379 e. The Kier molecular flexibility index (Phi) is 5.05. The van der Waals surface area contributed by atoms with Gasteiger partial charge in [0.25, 0.3) is 0 Å². The first-order chi connectivity index (χ1) is 9.47. The number of hydrogen-bond donors (Lipinski definition) is 0. The van der Waals surface area contributed by atoms with Crippen molar-refractivity contribution in [2.75, 3.05) is 32.8 Å². The molecule has 1 aliphatic heterocycles. The fourth-order valence-corrected chi connectivity index (χ4v) is 2.44. The zero-order chi connectivity index (χ0) is 14.6. The molecule has 1 aromatic rings. The van der Waals surface area contributed by atoms with Crippen molar-refractivity contribution in [2.24, 2.45) is 0 Å². The Balaban J connectivity index is 1.91. The Morgan fingerprint density at radius 2 is 1.90 bits per heavy atom. The van der Waals surface area contributed by atoms with Gasteiger partial charge in [0.2, 0.25) is 0 Å². The van der Waals surface area contributed by atoms with Gasteiger partial charge >= 0.3 is 6.18 Å². The molecule has 1 fully saturated rings. The first-order valence-electron chi connectivity index (χ1n) is 6.93. The summed E-state index contributed by atoms with van der Waals surface area (Å²) in [5.74, 6) is 0. The number of halogens is 3. The van der Waals surface area contributed by atoms with Gasteiger partial charge in [-0.2, -0.15) is 13.2 Å². The Labute approximate surface area is 117 Å². The Bertz CT molecular complexity index is 439. The molecule has 0 radical (unpaired) electrons. The monoisotopic (exact) mass is 287 g/mol. The van der Waals surface area contributed by atoms with E-state index in [9.17, 15) is 13.2 Å². The molecule has 0 saturated carbocycles. The molecule has 0 N–H and O–H groups in total. The summed E-state index contributed by atoms with van der Waals surface area (Å²) in [5, 5.41) is 0. The molecule has 5 heteroatoms. The second-order valence-corrected chi connectivity index (χ2v) is 5.20. The second-order valence-electron chi connectivity index (χ2n) is 5.20. The van der Waals surface area contributed by atoms with Crippen molar-refractivity contribution in [2.45, 2.75) is 25.9 Å². The van der Waals surface area contributed by atoms with Gasteiger partial charge in [-0.05, 0) is 49.6 Å². The van der Waals surface area contributed by atoms with Crippen LogP contribution in [-0.2, 0) is 17.3 Å². The van der Waals surface area contributed by atoms with Gasteiger partial charge in [-0.15, -0.1) is 0 Å². The normalized spacial score (nSPS) is 17.4. The summed E-state index contributed by atoms with van der Waals surface area (Å²) >= 11 is 0. The van der Waals surface area contributed by atoms with Crippen LogP contribution in [-0.4, -0.2) is 37.7 Å². The van der Waals surface area contributed by atoms with Crippen molar-refractivity contribution in [3.8, 4) is 0 Å². The van der Waals surface area contributed by atoms with Crippen LogP contribution in [0, 0.1) is 6.92 Å². The van der Waals surface area contributed by atoms with E-state index in [4.69, 9.17) is 4.74 Å². The van der Waals surface area contributed by atoms with Crippen LogP contribution >= 0.6 is 0 Å². The molecule has 1 saturated heterocycles. The summed E-state index contributed by atoms with van der Waals surface area (Å²) in [4.78, 5) is 2.30. The van der Waals surface area contributed by atoms with Crippen molar-refractivity contribution in [1.82, 2.24) is 4.90 Å². The molecule has 0 amide bonds. The number of benzene rings is 1. The van der Waals surface area contributed by atoms with Crippen molar-refractivity contribution in [1.29, 1.82) is 0 Å². The third-order valence-electron chi connectivity index (χ3n) is 3.70. The van der Waals surface area contributed by atoms with E-state index in [1.807, 2.05) is 6.92 Å². The maximum Gasteiger partial charge on any atom is 0.416 e. The minimum atomic E-state index is -4.26. The van der Waals surface area contributed by atoms with Crippen molar-refractivity contribution in [3.63, 3.8) is 0 Å². The Hall–Kier alpha value is -1.07. The van der Waals surface area contributed by atoms with Crippen LogP contribution in [0.1, 0.15) is 23.1 Å². The van der Waals surface area contributed by atoms with E-state index in [0.717, 1.165) is 56.5 Å². The fraction of sp³-hybridized carbons (Fsp3) is 0.600. The summed E-state index contributed by atoms with van der Waals surface area (Å²) in [7, 11) is 0. The maximum absolute atomic E-state index is 12.7. The predicted molar refractivity (Wildman–Crippen MR) is 71.8 cm³/mol. The summed E-state index contributed by atoms with van der Waals surface area (Å²) < 4.78 is 43.3. The average Bonchev–Trinajstić information content (AvgIpc) is 2.41. The molecule has 0 aliphatic carbocycles. The van der Waals surface area contributed by atoms with Crippen molar-refractivity contribution >= 4 is 0 Å². The topological polar surface area (TPSA) is 12.5 Å². The first-order valence-corrected chi connectivity index (χ1v) is 6.93. The Morgan fingerprint density at radius 3 is 2.55 bits per heavy atom. The fourth-order valence-electron chi connectivity index (χ4n) is 2.44. The number of nitrogens with zero attached hydrogens (tertiary/aromatic N) is 1. The van der Waals surface area contributed by atoms with Gasteiger partial charge in [0.15, 0.2) is 0 Å². The molecule has 0 unspecified atom stereocenters. The quantitative estimate of drug-likeness (QED) is 0.842. The van der Waals surface area contributed by atoms with Crippen LogP contribution in [0.3, 0.4) is 0 Å². The number of alkyl halides is 3. The molecule has 1 aromatic carbocycles. The van der Waals surface area contributed by atoms with Crippen LogP contribution < -0.4 is 0 Å². The standard InChI is InChI=1S/C15H20F3NO/c1-12-4-5-14(15(16,17)18)11-13(12)3-2-6-19-7-9-20-10-8-19/h4-5,11H,2-3,6-10H2,1H3. The molecule has 0 spiro atoms. The molecular formula is C15H20F3NO. The second kappa shape index (κ2) is 6.59. The number of ether oxygens (including phenoxy) is 1. The minimum absolute atomic E-state index is 0.551. The lowest BCUT2D eigenvalue weighted by molar-refractivity contribution is -0.137. The summed E-state index contributed by atoms with van der Waals surface area (Å²) in [6, 6.07) is 4.00. The van der Waals surface area contributed by atoms with Gasteiger partial charge in [-0.1, -0.05) is 6.07 Å². The van der Waals surface area contributed by atoms with Crippen LogP contribution in [0.2, 0.25) is 0 Å². The van der Waals surface area contributed by atoms with Crippen molar-refractivity contribution < 1.29 is 17.9 Å². The summed E-state index contributed by atoms with van der Waals surface area (Å²) in [6.07, 6.45) is -2.69. The molecule has 1 heterocycles. The van der Waals surface area contributed by atoms with E-state index in [0.29, 0.717) is 6.42 Å². The highest BCUT2D eigenvalue weighted by atomic mass is 19.4. The van der Waals surface area contributed by atoms with E-state index in [-0.39, 0.29) is 0 Å². The largest absolute Gasteiger partial charge is 0.416 e. The third kappa shape index (κ3) is 4.21. The molecule has 20 heavy (non-hydrogen) atoms. The molecule has 2 nitrogen and oxygen atoms in total. The Morgan fingerprint density at radius 1 is 1.20 bits per heavy atom. The van der Waals surface area contributed by atoms with E-state index < -0.39 is 11.7 Å². The molecule has 0 bridgehead atoms. The zero-order valence-electron chi connectivity index (χ0n) is 11.7. The lowest BCUT2D eigenvalue weighted by Crippen LogP contribution is -2.36. The highest BCUT2D eigenvalue weighted by Crippen LogP contribution is 2.30. The molecular weight excluding hydrogens is 267 g/mol. The number of morpholine rings is 1. The number of aryl methyl sites for hydroxylation is 2. The smallest absolute Gasteiger partial charge is 0.379 e. The third-order valence-corrected chi connectivity index (χ3v) is 3.70. The maximum atomic E-state index is 12.7. The highest BCUT2D eigenvalue weighted by Gasteiger charge is 2.30. The zero-order valence-corrected chi connectivity index (χ0v) is 11.7. The predicted octanol–water partition coefficient (Wildman–Crippen LogP) is 3.28. The molecule has 112 valence electrons. The summed E-state index contributed by atoms with van der Waals surface area (Å²) in [5.41, 5.74) is 1.18. The average molecular weight is 287 g/mol. The SMILES string of the molecule is Cc1ccc(C(F)(F)F)cc1CCCN1CCOCC1. The molecule has 0 aromatic heterocycles. The van der Waals surface area contributed by atoms with Crippen LogP contribution in [0.15, 0.2) is 18.2 Å². The highest BCUT2D eigenvalue weighted by molar-refractivity contribution is 5.32. The van der Waals surface area contributed by atoms with Gasteiger partial charge in [-0.3, -0.25) is 4.90 Å². The van der Waals surface area contributed by atoms with Crippen LogP contribution in [0.5, 0.6) is 0 Å². The van der Waals surface area contributed by atoms with Crippen LogP contribution in [0.4, 0.5) is 13.2 Å². The van der Waals surface area contributed by atoms with Gasteiger partial charge in [0.1, 0.15) is 0 Å². The summed E-state index contributed by atoms with van der Waals surface area (Å²) in [6.45, 7) is 6.12. The van der Waals surface area contributed by atoms with Gasteiger partial charge in [-0.25, -0.2) is 0 Å². The lowest BCUT2D eigenvalue weighted by Gasteiger charge is -2.26. The molecule has 0 atom stereocenters. The lowest BCUT2D eigenvalue weighted by atomic mass is 10.0. The first kappa shape index (κ1) is 15.3. The van der Waals surface area contributed by atoms with E-state index >= 15 is 0 Å². The van der Waals surface area contributed by atoms with Gasteiger partial charge in [0, 0.05) is 13.1 Å². The van der Waals surface area contributed by atoms with E-state index in [1.165, 1.54) is 6.07 Å². The van der Waals surface area contributed by atoms with Crippen molar-refractivity contribution in [3.05, 3.63) is 34.9 Å². The van der Waals surface area contributed by atoms with E-state index in [2.05, 4.69) is 4.90 Å². The van der Waals surface area contributed by atoms with Gasteiger partial charge < -0.3 is 4.74 Å². The number of hydrogen-bond acceptors (Lipinski definition) is 2. The number of rotatable bonds is 4. The van der Waals surface area contributed by atoms with Gasteiger partial charge in [0.05, 0.1) is 18.8 Å².